The summed E-state index contributed by atoms with van der Waals surface area (Å²) >= 11 is 7.11. The molecule has 128 valence electrons. The number of methoxy groups -OCH3 is 2. The average Bonchev–Trinajstić information content (AvgIpc) is 2.56. The Balaban J connectivity index is 2.05. The summed E-state index contributed by atoms with van der Waals surface area (Å²) in [5, 5.41) is 10.8. The fraction of sp³-hybridized carbons (Fsp3) is 0.286. The van der Waals surface area contributed by atoms with E-state index in [2.05, 4.69) is 20.5 Å². The number of anilines is 1. The van der Waals surface area contributed by atoms with Crippen molar-refractivity contribution in [2.24, 2.45) is 0 Å². The molecule has 1 heterocycles. The normalized spacial score (nSPS) is 10.3. The molecule has 1 amide bonds. The molecule has 0 unspecified atom stereocenters. The third kappa shape index (κ3) is 4.39. The Morgan fingerprint density at radius 2 is 2.00 bits per heavy atom. The maximum Gasteiger partial charge on any atom is 0.273 e. The molecule has 8 nitrogen and oxygen atoms in total. The van der Waals surface area contributed by atoms with Gasteiger partial charge < -0.3 is 14.8 Å². The Hall–Kier alpha value is -2.26. The average molecular weight is 371 g/mol. The van der Waals surface area contributed by atoms with Crippen LogP contribution in [0.2, 0.25) is 5.02 Å². The Kier molecular flexibility index (Phi) is 6.04. The van der Waals surface area contributed by atoms with E-state index in [1.165, 1.54) is 20.3 Å². The van der Waals surface area contributed by atoms with Crippen LogP contribution in [0.1, 0.15) is 5.69 Å². The van der Waals surface area contributed by atoms with Crippen molar-refractivity contribution < 1.29 is 14.3 Å². The molecule has 0 atom stereocenters. The number of rotatable bonds is 6. The Bertz CT molecular complexity index is 812. The smallest absolute Gasteiger partial charge is 0.273 e. The van der Waals surface area contributed by atoms with Crippen LogP contribution in [0.4, 0.5) is 5.69 Å². The second kappa shape index (κ2) is 8.02. The van der Waals surface area contributed by atoms with Gasteiger partial charge >= 0.3 is 0 Å². The van der Waals surface area contributed by atoms with Crippen LogP contribution in [-0.4, -0.2) is 41.1 Å². The third-order valence-corrected chi connectivity index (χ3v) is 4.09. The summed E-state index contributed by atoms with van der Waals surface area (Å²) in [5.74, 6) is 0.565. The molecule has 24 heavy (non-hydrogen) atoms. The van der Waals surface area contributed by atoms with Crippen LogP contribution in [0.25, 0.3) is 0 Å². The summed E-state index contributed by atoms with van der Waals surface area (Å²) in [6, 6.07) is 3.11. The molecular formula is C14H15ClN4O4S. The number of hydrogen-bond donors (Lipinski definition) is 2. The molecule has 1 aromatic heterocycles. The molecule has 0 saturated heterocycles. The van der Waals surface area contributed by atoms with E-state index in [1.54, 1.807) is 13.0 Å². The maximum atomic E-state index is 12.1. The Morgan fingerprint density at radius 3 is 2.62 bits per heavy atom. The zero-order valence-corrected chi connectivity index (χ0v) is 14.7. The van der Waals surface area contributed by atoms with E-state index in [9.17, 15) is 9.59 Å². The standard InChI is InChI=1S/C14H15ClN4O4S/c1-7-13(21)17-14(19-18-7)24-6-12(20)16-9-4-8(15)10(22-2)5-11(9)23-3/h4-5H,6H2,1-3H3,(H,16,20)(H,17,19,21). The van der Waals surface area contributed by atoms with E-state index in [0.717, 1.165) is 11.8 Å². The van der Waals surface area contributed by atoms with E-state index in [0.29, 0.717) is 22.2 Å². The number of nitrogens with zero attached hydrogens (tertiary/aromatic N) is 2. The van der Waals surface area contributed by atoms with Gasteiger partial charge in [-0.1, -0.05) is 23.4 Å². The van der Waals surface area contributed by atoms with Crippen molar-refractivity contribution in [3.63, 3.8) is 0 Å². The van der Waals surface area contributed by atoms with Crippen LogP contribution in [0, 0.1) is 6.92 Å². The number of aromatic amines is 1. The van der Waals surface area contributed by atoms with E-state index in [-0.39, 0.29) is 28.1 Å². The second-order valence-corrected chi connectivity index (χ2v) is 5.94. The van der Waals surface area contributed by atoms with Gasteiger partial charge in [0.05, 0.1) is 30.7 Å². The first-order valence-corrected chi connectivity index (χ1v) is 8.08. The lowest BCUT2D eigenvalue weighted by molar-refractivity contribution is -0.113. The second-order valence-electron chi connectivity index (χ2n) is 4.57. The molecule has 0 aliphatic rings. The number of carbonyl (C=O) groups is 1. The van der Waals surface area contributed by atoms with Crippen LogP contribution in [-0.2, 0) is 4.79 Å². The van der Waals surface area contributed by atoms with Crippen molar-refractivity contribution in [3.8, 4) is 11.5 Å². The molecule has 2 N–H and O–H groups in total. The molecule has 0 aliphatic heterocycles. The van der Waals surface area contributed by atoms with Gasteiger partial charge in [-0.25, -0.2) is 0 Å². The molecule has 10 heteroatoms. The molecule has 1 aromatic carbocycles. The van der Waals surface area contributed by atoms with Crippen molar-refractivity contribution in [2.75, 3.05) is 25.3 Å². The lowest BCUT2D eigenvalue weighted by Crippen LogP contribution is -2.17. The number of benzene rings is 1. The minimum atomic E-state index is -0.337. The molecule has 2 rings (SSSR count). The molecule has 0 spiro atoms. The van der Waals surface area contributed by atoms with Crippen LogP contribution < -0.4 is 20.3 Å². The number of aryl methyl sites for hydroxylation is 1. The number of hydrogen-bond acceptors (Lipinski definition) is 7. The highest BCUT2D eigenvalue weighted by Gasteiger charge is 2.13. The number of halogens is 1. The van der Waals surface area contributed by atoms with Crippen molar-refractivity contribution >= 4 is 35.0 Å². The fourth-order valence-electron chi connectivity index (χ4n) is 1.72. The predicted molar refractivity (Wildman–Crippen MR) is 91.3 cm³/mol. The van der Waals surface area contributed by atoms with E-state index < -0.39 is 0 Å². The lowest BCUT2D eigenvalue weighted by Gasteiger charge is -2.12. The quantitative estimate of drug-likeness (QED) is 0.747. The van der Waals surface area contributed by atoms with Crippen LogP contribution in [0.15, 0.2) is 22.1 Å². The molecule has 0 saturated carbocycles. The van der Waals surface area contributed by atoms with Crippen LogP contribution in [0.3, 0.4) is 0 Å². The number of carbonyl (C=O) groups excluding carboxylic acids is 1. The number of amides is 1. The number of aromatic nitrogens is 3. The van der Waals surface area contributed by atoms with Gasteiger partial charge in [-0.2, -0.15) is 0 Å². The van der Waals surface area contributed by atoms with Gasteiger partial charge in [-0.3, -0.25) is 14.6 Å². The topological polar surface area (TPSA) is 106 Å². The number of ether oxygens (including phenoxy) is 2. The van der Waals surface area contributed by atoms with Crippen molar-refractivity contribution in [1.82, 2.24) is 15.2 Å². The highest BCUT2D eigenvalue weighted by Crippen LogP contribution is 2.35. The summed E-state index contributed by atoms with van der Waals surface area (Å²) in [6.45, 7) is 1.55. The van der Waals surface area contributed by atoms with Crippen molar-refractivity contribution in [1.29, 1.82) is 0 Å². The fourth-order valence-corrected chi connectivity index (χ4v) is 2.57. The summed E-state index contributed by atoms with van der Waals surface area (Å²) in [6.07, 6.45) is 0. The van der Waals surface area contributed by atoms with E-state index >= 15 is 0 Å². The predicted octanol–water partition coefficient (Wildman–Crippen LogP) is 1.87. The minimum Gasteiger partial charge on any atom is -0.495 e. The molecular weight excluding hydrogens is 356 g/mol. The maximum absolute atomic E-state index is 12.1. The molecule has 0 bridgehead atoms. The molecule has 2 aromatic rings. The van der Waals surface area contributed by atoms with E-state index in [1.807, 2.05) is 0 Å². The van der Waals surface area contributed by atoms with Gasteiger partial charge in [0.25, 0.3) is 5.56 Å². The first-order valence-electron chi connectivity index (χ1n) is 6.72. The van der Waals surface area contributed by atoms with Gasteiger partial charge in [0.2, 0.25) is 5.91 Å². The van der Waals surface area contributed by atoms with Gasteiger partial charge in [0.15, 0.2) is 5.16 Å². The summed E-state index contributed by atoms with van der Waals surface area (Å²) in [4.78, 5) is 26.0. The molecule has 0 aliphatic carbocycles. The minimum absolute atomic E-state index is 0.0283. The largest absolute Gasteiger partial charge is 0.495 e. The van der Waals surface area contributed by atoms with Gasteiger partial charge in [-0.05, 0) is 13.0 Å². The first-order chi connectivity index (χ1) is 11.4. The van der Waals surface area contributed by atoms with Gasteiger partial charge in [0, 0.05) is 6.07 Å². The number of nitrogens with one attached hydrogen (secondary N) is 2. The molecule has 0 radical (unpaired) electrons. The number of H-pyrrole nitrogens is 1. The molecule has 0 fully saturated rings. The lowest BCUT2D eigenvalue weighted by atomic mass is 10.2. The summed E-state index contributed by atoms with van der Waals surface area (Å²) in [5.41, 5.74) is 0.343. The Labute approximate surface area is 146 Å². The monoisotopic (exact) mass is 370 g/mol. The SMILES string of the molecule is COc1cc(OC)c(NC(=O)CSc2nnc(C)c(=O)[nH]2)cc1Cl. The zero-order chi connectivity index (χ0) is 17.7. The van der Waals surface area contributed by atoms with Crippen molar-refractivity contribution in [2.45, 2.75) is 12.1 Å². The van der Waals surface area contributed by atoms with Crippen LogP contribution in [0.5, 0.6) is 11.5 Å². The van der Waals surface area contributed by atoms with Crippen LogP contribution >= 0.6 is 23.4 Å². The highest BCUT2D eigenvalue weighted by molar-refractivity contribution is 7.99. The summed E-state index contributed by atoms with van der Waals surface area (Å²) < 4.78 is 10.3. The number of thioether (sulfide) groups is 1. The first kappa shape index (κ1) is 18.1. The van der Waals surface area contributed by atoms with E-state index in [4.69, 9.17) is 21.1 Å². The van der Waals surface area contributed by atoms with Crippen molar-refractivity contribution in [3.05, 3.63) is 33.2 Å². The van der Waals surface area contributed by atoms with Gasteiger partial charge in [0.1, 0.15) is 17.2 Å². The zero-order valence-electron chi connectivity index (χ0n) is 13.2. The third-order valence-electron chi connectivity index (χ3n) is 2.93. The van der Waals surface area contributed by atoms with Gasteiger partial charge in [-0.15, -0.1) is 10.2 Å². The Morgan fingerprint density at radius 1 is 1.29 bits per heavy atom. The summed E-state index contributed by atoms with van der Waals surface area (Å²) in [7, 11) is 2.96. The highest BCUT2D eigenvalue weighted by atomic mass is 35.5.